The van der Waals surface area contributed by atoms with E-state index < -0.39 is 0 Å². The number of hydrogen-bond donors (Lipinski definition) is 0. The van der Waals surface area contributed by atoms with Gasteiger partial charge in [0.25, 0.3) is 0 Å². The van der Waals surface area contributed by atoms with Gasteiger partial charge in [-0.05, 0) is 24.3 Å². The molecule has 0 aliphatic heterocycles. The molecule has 0 aromatic carbocycles. The van der Waals surface area contributed by atoms with Crippen molar-refractivity contribution in [3.63, 3.8) is 0 Å². The number of pyridine rings is 1. The van der Waals surface area contributed by atoms with Crippen LogP contribution in [0.1, 0.15) is 11.6 Å². The maximum absolute atomic E-state index is 5.99. The van der Waals surface area contributed by atoms with Gasteiger partial charge in [-0.15, -0.1) is 5.10 Å². The Kier molecular flexibility index (Phi) is 2.15. The smallest absolute Gasteiger partial charge is 0.159 e. The molecule has 0 saturated heterocycles. The van der Waals surface area contributed by atoms with Gasteiger partial charge >= 0.3 is 0 Å². The van der Waals surface area contributed by atoms with Crippen LogP contribution >= 0.6 is 11.6 Å². The Labute approximate surface area is 96.5 Å². The fourth-order valence-electron chi connectivity index (χ4n) is 1.56. The Morgan fingerprint density at radius 3 is 2.94 bits per heavy atom. The minimum absolute atomic E-state index is 0.552. The first-order valence-corrected chi connectivity index (χ1v) is 5.23. The molecule has 0 unspecified atom stereocenters. The van der Waals surface area contributed by atoms with Crippen molar-refractivity contribution in [3.8, 4) is 0 Å². The number of hydrogen-bond acceptors (Lipinski definition) is 3. The molecular formula is C11H8ClN3O. The minimum atomic E-state index is 0.552. The van der Waals surface area contributed by atoms with E-state index in [1.54, 1.807) is 16.8 Å². The third-order valence-electron chi connectivity index (χ3n) is 2.27. The summed E-state index contributed by atoms with van der Waals surface area (Å²) in [6.07, 6.45) is 2.21. The highest BCUT2D eigenvalue weighted by molar-refractivity contribution is 6.29. The normalized spacial score (nSPS) is 11.1. The summed E-state index contributed by atoms with van der Waals surface area (Å²) in [6.45, 7) is 0. The minimum Gasteiger partial charge on any atom is -0.469 e. The highest BCUT2D eigenvalue weighted by Crippen LogP contribution is 2.13. The average molecular weight is 234 g/mol. The maximum atomic E-state index is 5.99. The van der Waals surface area contributed by atoms with Crippen molar-refractivity contribution in [2.45, 2.75) is 6.42 Å². The van der Waals surface area contributed by atoms with Gasteiger partial charge in [-0.1, -0.05) is 17.7 Å². The van der Waals surface area contributed by atoms with Crippen LogP contribution in [0.25, 0.3) is 5.65 Å². The van der Waals surface area contributed by atoms with E-state index >= 15 is 0 Å². The average Bonchev–Trinajstić information content (AvgIpc) is 2.88. The van der Waals surface area contributed by atoms with E-state index in [4.69, 9.17) is 16.0 Å². The SMILES string of the molecule is Clc1cccc2nc(Cc3ccco3)nn12. The number of aromatic nitrogens is 3. The molecule has 3 aromatic heterocycles. The van der Waals surface area contributed by atoms with Crippen LogP contribution in [0, 0.1) is 0 Å². The summed E-state index contributed by atoms with van der Waals surface area (Å²) < 4.78 is 6.85. The van der Waals surface area contributed by atoms with Crippen LogP contribution in [0.5, 0.6) is 0 Å². The Morgan fingerprint density at radius 2 is 2.19 bits per heavy atom. The van der Waals surface area contributed by atoms with Gasteiger partial charge in [0.1, 0.15) is 10.9 Å². The van der Waals surface area contributed by atoms with Crippen molar-refractivity contribution in [1.82, 2.24) is 14.6 Å². The zero-order valence-corrected chi connectivity index (χ0v) is 9.05. The van der Waals surface area contributed by atoms with Crippen LogP contribution in [0.15, 0.2) is 41.0 Å². The molecule has 3 aromatic rings. The fraction of sp³-hybridized carbons (Fsp3) is 0.0909. The van der Waals surface area contributed by atoms with Crippen LogP contribution in [0.2, 0.25) is 5.15 Å². The van der Waals surface area contributed by atoms with Gasteiger partial charge in [-0.2, -0.15) is 0 Å². The highest BCUT2D eigenvalue weighted by Gasteiger charge is 2.07. The first kappa shape index (κ1) is 9.42. The molecule has 16 heavy (non-hydrogen) atoms. The molecule has 0 amide bonds. The van der Waals surface area contributed by atoms with Gasteiger partial charge in [-0.3, -0.25) is 0 Å². The third-order valence-corrected chi connectivity index (χ3v) is 2.56. The van der Waals surface area contributed by atoms with Crippen LogP contribution in [-0.2, 0) is 6.42 Å². The number of furan rings is 1. The second kappa shape index (κ2) is 3.64. The Hall–Kier alpha value is -1.81. The summed E-state index contributed by atoms with van der Waals surface area (Å²) in [5.74, 6) is 1.54. The summed E-state index contributed by atoms with van der Waals surface area (Å²) in [6, 6.07) is 9.23. The molecule has 0 saturated carbocycles. The van der Waals surface area contributed by atoms with Gasteiger partial charge in [0.05, 0.1) is 12.7 Å². The summed E-state index contributed by atoms with van der Waals surface area (Å²) in [5.41, 5.74) is 0.744. The van der Waals surface area contributed by atoms with E-state index in [1.165, 1.54) is 0 Å². The lowest BCUT2D eigenvalue weighted by atomic mass is 10.3. The van der Waals surface area contributed by atoms with Gasteiger partial charge < -0.3 is 4.42 Å². The monoisotopic (exact) mass is 233 g/mol. The molecule has 0 atom stereocenters. The summed E-state index contributed by atoms with van der Waals surface area (Å²) >= 11 is 5.99. The van der Waals surface area contributed by atoms with Crippen molar-refractivity contribution in [3.05, 3.63) is 53.3 Å². The first-order chi connectivity index (χ1) is 7.83. The molecule has 0 aliphatic carbocycles. The molecular weight excluding hydrogens is 226 g/mol. The summed E-state index contributed by atoms with van der Waals surface area (Å²) in [5, 5.41) is 4.85. The van der Waals surface area contributed by atoms with Crippen molar-refractivity contribution in [2.75, 3.05) is 0 Å². The molecule has 80 valence electrons. The molecule has 0 fully saturated rings. The molecule has 3 rings (SSSR count). The fourth-order valence-corrected chi connectivity index (χ4v) is 1.76. The van der Waals surface area contributed by atoms with Crippen molar-refractivity contribution in [2.24, 2.45) is 0 Å². The number of nitrogens with zero attached hydrogens (tertiary/aromatic N) is 3. The summed E-state index contributed by atoms with van der Waals surface area (Å²) in [7, 11) is 0. The predicted octanol–water partition coefficient (Wildman–Crippen LogP) is 2.57. The molecule has 3 heterocycles. The topological polar surface area (TPSA) is 43.3 Å². The van der Waals surface area contributed by atoms with Crippen LogP contribution in [0.3, 0.4) is 0 Å². The van der Waals surface area contributed by atoms with Gasteiger partial charge in [-0.25, -0.2) is 9.50 Å². The van der Waals surface area contributed by atoms with Gasteiger partial charge in [0, 0.05) is 0 Å². The second-order valence-electron chi connectivity index (χ2n) is 3.40. The van der Waals surface area contributed by atoms with E-state index in [0.29, 0.717) is 17.4 Å². The molecule has 5 heteroatoms. The van der Waals surface area contributed by atoms with Crippen molar-refractivity contribution >= 4 is 17.2 Å². The standard InChI is InChI=1S/C11H8ClN3O/c12-9-4-1-5-11-13-10(14-15(9)11)7-8-3-2-6-16-8/h1-6H,7H2. The largest absolute Gasteiger partial charge is 0.469 e. The lowest BCUT2D eigenvalue weighted by molar-refractivity contribution is 0.517. The quantitative estimate of drug-likeness (QED) is 0.639. The predicted molar refractivity (Wildman–Crippen MR) is 59.5 cm³/mol. The van der Waals surface area contributed by atoms with Crippen LogP contribution in [0.4, 0.5) is 0 Å². The van der Waals surface area contributed by atoms with Crippen LogP contribution < -0.4 is 0 Å². The molecule has 0 radical (unpaired) electrons. The lowest BCUT2D eigenvalue weighted by Crippen LogP contribution is -1.91. The van der Waals surface area contributed by atoms with E-state index in [9.17, 15) is 0 Å². The van der Waals surface area contributed by atoms with E-state index in [-0.39, 0.29) is 0 Å². The Balaban J connectivity index is 2.02. The third kappa shape index (κ3) is 1.57. The van der Waals surface area contributed by atoms with Crippen molar-refractivity contribution in [1.29, 1.82) is 0 Å². The van der Waals surface area contributed by atoms with Gasteiger partial charge in [0.2, 0.25) is 0 Å². The Bertz CT molecular complexity index is 615. The zero-order chi connectivity index (χ0) is 11.0. The van der Waals surface area contributed by atoms with E-state index in [2.05, 4.69) is 10.1 Å². The number of rotatable bonds is 2. The molecule has 4 nitrogen and oxygen atoms in total. The lowest BCUT2D eigenvalue weighted by Gasteiger charge is -1.91. The number of fused-ring (bicyclic) bond motifs is 1. The molecule has 0 bridgehead atoms. The molecule has 0 aliphatic rings. The first-order valence-electron chi connectivity index (χ1n) is 4.85. The summed E-state index contributed by atoms with van der Waals surface area (Å²) in [4.78, 5) is 4.36. The number of halogens is 1. The molecule has 0 N–H and O–H groups in total. The maximum Gasteiger partial charge on any atom is 0.159 e. The van der Waals surface area contributed by atoms with E-state index in [1.807, 2.05) is 24.3 Å². The van der Waals surface area contributed by atoms with Gasteiger partial charge in [0.15, 0.2) is 11.5 Å². The molecule has 0 spiro atoms. The van der Waals surface area contributed by atoms with Crippen LogP contribution in [-0.4, -0.2) is 14.6 Å². The zero-order valence-electron chi connectivity index (χ0n) is 8.30. The highest BCUT2D eigenvalue weighted by atomic mass is 35.5. The van der Waals surface area contributed by atoms with Crippen molar-refractivity contribution < 1.29 is 4.42 Å². The Morgan fingerprint density at radius 1 is 1.25 bits per heavy atom. The second-order valence-corrected chi connectivity index (χ2v) is 3.79. The van der Waals surface area contributed by atoms with E-state index in [0.717, 1.165) is 11.4 Å².